The van der Waals surface area contributed by atoms with Crippen molar-refractivity contribution in [1.82, 2.24) is 14.9 Å². The smallest absolute Gasteiger partial charge is 0.257 e. The second-order valence-electron chi connectivity index (χ2n) is 7.34. The number of rotatable bonds is 4. The Kier molecular flexibility index (Phi) is 4.55. The summed E-state index contributed by atoms with van der Waals surface area (Å²) in [5.41, 5.74) is 3.97. The van der Waals surface area contributed by atoms with Crippen molar-refractivity contribution in [2.75, 3.05) is 11.9 Å². The standard InChI is InChI=1S/C23H20N4O3/c28-22(20-6-3-12-27(20)23(29)16-11-13-30-14-16)24-17-9-7-15(8-10-17)21-25-18-4-1-2-5-19(18)26-21/h1-2,4-5,7-11,13-14,20H,3,6,12H2,(H,24,28)(H,25,26)/t20-/m0/s1. The van der Waals surface area contributed by atoms with Crippen LogP contribution in [0, 0.1) is 0 Å². The van der Waals surface area contributed by atoms with Crippen molar-refractivity contribution in [3.05, 3.63) is 72.7 Å². The van der Waals surface area contributed by atoms with Gasteiger partial charge < -0.3 is 19.6 Å². The van der Waals surface area contributed by atoms with Crippen LogP contribution < -0.4 is 5.32 Å². The fraction of sp³-hybridized carbons (Fsp3) is 0.174. The number of carbonyl (C=O) groups is 2. The predicted octanol–water partition coefficient (Wildman–Crippen LogP) is 4.07. The molecule has 1 saturated heterocycles. The highest BCUT2D eigenvalue weighted by molar-refractivity contribution is 6.01. The number of amides is 2. The van der Waals surface area contributed by atoms with E-state index < -0.39 is 6.04 Å². The van der Waals surface area contributed by atoms with Gasteiger partial charge in [0.1, 0.15) is 18.1 Å². The fourth-order valence-corrected chi connectivity index (χ4v) is 3.86. The lowest BCUT2D eigenvalue weighted by Crippen LogP contribution is -2.43. The molecule has 2 N–H and O–H groups in total. The van der Waals surface area contributed by atoms with Gasteiger partial charge >= 0.3 is 0 Å². The molecule has 1 aliphatic heterocycles. The van der Waals surface area contributed by atoms with E-state index in [4.69, 9.17) is 4.42 Å². The lowest BCUT2D eigenvalue weighted by Gasteiger charge is -2.23. The molecule has 3 heterocycles. The average Bonchev–Trinajstić information content (AvgIpc) is 3.54. The van der Waals surface area contributed by atoms with Gasteiger partial charge in [-0.25, -0.2) is 4.98 Å². The Morgan fingerprint density at radius 2 is 1.93 bits per heavy atom. The van der Waals surface area contributed by atoms with Gasteiger partial charge in [-0.1, -0.05) is 12.1 Å². The van der Waals surface area contributed by atoms with Crippen LogP contribution in [0.25, 0.3) is 22.4 Å². The summed E-state index contributed by atoms with van der Waals surface area (Å²) < 4.78 is 5.00. The van der Waals surface area contributed by atoms with Gasteiger partial charge in [-0.3, -0.25) is 9.59 Å². The normalized spacial score (nSPS) is 16.1. The number of hydrogen-bond acceptors (Lipinski definition) is 4. The lowest BCUT2D eigenvalue weighted by molar-refractivity contribution is -0.119. The number of furan rings is 1. The molecule has 0 radical (unpaired) electrons. The molecular weight excluding hydrogens is 380 g/mol. The van der Waals surface area contributed by atoms with Crippen molar-refractivity contribution >= 4 is 28.5 Å². The maximum Gasteiger partial charge on any atom is 0.257 e. The lowest BCUT2D eigenvalue weighted by atomic mass is 10.1. The molecule has 2 aromatic carbocycles. The van der Waals surface area contributed by atoms with Gasteiger partial charge in [-0.2, -0.15) is 0 Å². The molecule has 1 fully saturated rings. The van der Waals surface area contributed by atoms with Crippen molar-refractivity contribution in [3.63, 3.8) is 0 Å². The Hall–Kier alpha value is -3.87. The van der Waals surface area contributed by atoms with Crippen LogP contribution in [0.1, 0.15) is 23.2 Å². The van der Waals surface area contributed by atoms with Gasteiger partial charge in [0.15, 0.2) is 0 Å². The first-order valence-electron chi connectivity index (χ1n) is 9.88. The van der Waals surface area contributed by atoms with Crippen molar-refractivity contribution in [3.8, 4) is 11.4 Å². The van der Waals surface area contributed by atoms with E-state index in [0.29, 0.717) is 24.2 Å². The minimum Gasteiger partial charge on any atom is -0.472 e. The number of aromatic amines is 1. The van der Waals surface area contributed by atoms with E-state index in [1.54, 1.807) is 11.0 Å². The minimum absolute atomic E-state index is 0.179. The summed E-state index contributed by atoms with van der Waals surface area (Å²) in [6, 6.07) is 16.5. The quantitative estimate of drug-likeness (QED) is 0.540. The molecule has 0 bridgehead atoms. The molecule has 30 heavy (non-hydrogen) atoms. The molecule has 150 valence electrons. The third-order valence-electron chi connectivity index (χ3n) is 5.40. The Labute approximate surface area is 172 Å². The number of aromatic nitrogens is 2. The van der Waals surface area contributed by atoms with Gasteiger partial charge in [0, 0.05) is 17.8 Å². The first-order valence-corrected chi connectivity index (χ1v) is 9.88. The summed E-state index contributed by atoms with van der Waals surface area (Å²) in [6.07, 6.45) is 4.31. The molecule has 5 rings (SSSR count). The van der Waals surface area contributed by atoms with Gasteiger partial charge in [0.2, 0.25) is 5.91 Å². The minimum atomic E-state index is -0.484. The number of nitrogens with one attached hydrogen (secondary N) is 2. The molecule has 1 atom stereocenters. The van der Waals surface area contributed by atoms with Crippen molar-refractivity contribution in [2.45, 2.75) is 18.9 Å². The van der Waals surface area contributed by atoms with E-state index in [2.05, 4.69) is 15.3 Å². The van der Waals surface area contributed by atoms with Crippen LogP contribution in [0.2, 0.25) is 0 Å². The van der Waals surface area contributed by atoms with Crippen molar-refractivity contribution in [2.24, 2.45) is 0 Å². The number of likely N-dealkylation sites (tertiary alicyclic amines) is 1. The Morgan fingerprint density at radius 1 is 1.10 bits per heavy atom. The van der Waals surface area contributed by atoms with E-state index in [9.17, 15) is 9.59 Å². The molecule has 1 aliphatic rings. The number of nitrogens with zero attached hydrogens (tertiary/aromatic N) is 2. The molecule has 7 heteroatoms. The summed E-state index contributed by atoms with van der Waals surface area (Å²) in [5.74, 6) is 0.421. The maximum atomic E-state index is 12.8. The van der Waals surface area contributed by atoms with E-state index >= 15 is 0 Å². The fourth-order valence-electron chi connectivity index (χ4n) is 3.86. The van der Waals surface area contributed by atoms with Gasteiger partial charge in [-0.05, 0) is 55.3 Å². The molecule has 0 aliphatic carbocycles. The third-order valence-corrected chi connectivity index (χ3v) is 5.40. The highest BCUT2D eigenvalue weighted by Crippen LogP contribution is 2.24. The monoisotopic (exact) mass is 400 g/mol. The Bertz CT molecular complexity index is 1160. The van der Waals surface area contributed by atoms with Crippen LogP contribution in [0.3, 0.4) is 0 Å². The molecule has 0 unspecified atom stereocenters. The van der Waals surface area contributed by atoms with Crippen molar-refractivity contribution in [1.29, 1.82) is 0 Å². The second-order valence-corrected chi connectivity index (χ2v) is 7.34. The zero-order chi connectivity index (χ0) is 20.5. The molecule has 2 amide bonds. The first-order chi connectivity index (χ1) is 14.7. The van der Waals surface area contributed by atoms with E-state index in [-0.39, 0.29) is 11.8 Å². The van der Waals surface area contributed by atoms with Gasteiger partial charge in [-0.15, -0.1) is 0 Å². The summed E-state index contributed by atoms with van der Waals surface area (Å²) in [4.78, 5) is 35.0. The van der Waals surface area contributed by atoms with Crippen LogP contribution in [0.5, 0.6) is 0 Å². The third kappa shape index (κ3) is 3.34. The summed E-state index contributed by atoms with van der Waals surface area (Å²) in [6.45, 7) is 0.563. The molecular formula is C23H20N4O3. The number of H-pyrrole nitrogens is 1. The highest BCUT2D eigenvalue weighted by atomic mass is 16.3. The van der Waals surface area contributed by atoms with Crippen LogP contribution in [0.4, 0.5) is 5.69 Å². The maximum absolute atomic E-state index is 12.8. The second kappa shape index (κ2) is 7.51. The van der Waals surface area contributed by atoms with E-state index in [1.165, 1.54) is 12.5 Å². The summed E-state index contributed by atoms with van der Waals surface area (Å²) >= 11 is 0. The largest absolute Gasteiger partial charge is 0.472 e. The van der Waals surface area contributed by atoms with Crippen LogP contribution >= 0.6 is 0 Å². The number of carbonyl (C=O) groups excluding carboxylic acids is 2. The summed E-state index contributed by atoms with van der Waals surface area (Å²) in [5, 5.41) is 2.93. The predicted molar refractivity (Wildman–Crippen MR) is 113 cm³/mol. The topological polar surface area (TPSA) is 91.2 Å². The number of imidazole rings is 1. The van der Waals surface area contributed by atoms with Gasteiger partial charge in [0.05, 0.1) is 22.9 Å². The Morgan fingerprint density at radius 3 is 2.70 bits per heavy atom. The first kappa shape index (κ1) is 18.2. The highest BCUT2D eigenvalue weighted by Gasteiger charge is 2.34. The van der Waals surface area contributed by atoms with Crippen molar-refractivity contribution < 1.29 is 14.0 Å². The number of para-hydroxylation sites is 2. The SMILES string of the molecule is O=C(Nc1ccc(-c2nc3ccccc3[nH]2)cc1)[C@@H]1CCCN1C(=O)c1ccoc1. The number of hydrogen-bond donors (Lipinski definition) is 2. The molecule has 7 nitrogen and oxygen atoms in total. The van der Waals surface area contributed by atoms with Crippen LogP contribution in [0.15, 0.2) is 71.5 Å². The van der Waals surface area contributed by atoms with E-state index in [0.717, 1.165) is 28.8 Å². The zero-order valence-electron chi connectivity index (χ0n) is 16.2. The van der Waals surface area contributed by atoms with Crippen LogP contribution in [-0.4, -0.2) is 39.3 Å². The van der Waals surface area contributed by atoms with Crippen LogP contribution in [-0.2, 0) is 4.79 Å². The number of anilines is 1. The molecule has 0 saturated carbocycles. The molecule has 4 aromatic rings. The number of benzene rings is 2. The zero-order valence-corrected chi connectivity index (χ0v) is 16.2. The molecule has 2 aromatic heterocycles. The number of fused-ring (bicyclic) bond motifs is 1. The van der Waals surface area contributed by atoms with E-state index in [1.807, 2.05) is 48.5 Å². The molecule has 0 spiro atoms. The van der Waals surface area contributed by atoms with Gasteiger partial charge in [0.25, 0.3) is 5.91 Å². The summed E-state index contributed by atoms with van der Waals surface area (Å²) in [7, 11) is 0. The average molecular weight is 400 g/mol. The Balaban J connectivity index is 1.29.